The number of carbonyl (C=O) groups excluding carboxylic acids is 1. The van der Waals surface area contributed by atoms with Gasteiger partial charge < -0.3 is 20.7 Å². The summed E-state index contributed by atoms with van der Waals surface area (Å²) >= 11 is 0. The number of hydrogen-bond acceptors (Lipinski definition) is 4. The molecular weight excluding hydrogens is 206 g/mol. The number of amides is 1. The molecule has 5 nitrogen and oxygen atoms in total. The monoisotopic (exact) mass is 229 g/mol. The van der Waals surface area contributed by atoms with Crippen molar-refractivity contribution < 1.29 is 9.53 Å². The van der Waals surface area contributed by atoms with Gasteiger partial charge in [0.05, 0.1) is 18.7 Å². The van der Waals surface area contributed by atoms with E-state index in [9.17, 15) is 4.79 Å². The van der Waals surface area contributed by atoms with Crippen LogP contribution in [-0.2, 0) is 9.53 Å². The first kappa shape index (κ1) is 13.4. The van der Waals surface area contributed by atoms with Crippen LogP contribution in [0.1, 0.15) is 13.8 Å². The smallest absolute Gasteiger partial charge is 0.238 e. The van der Waals surface area contributed by atoms with E-state index in [4.69, 9.17) is 4.74 Å². The van der Waals surface area contributed by atoms with E-state index in [0.717, 1.165) is 13.1 Å². The molecule has 1 amide bonds. The molecule has 1 saturated heterocycles. The molecule has 1 aliphatic rings. The Labute approximate surface area is 97.3 Å². The van der Waals surface area contributed by atoms with Crippen LogP contribution in [0.4, 0.5) is 0 Å². The summed E-state index contributed by atoms with van der Waals surface area (Å²) in [6.45, 7) is 7.18. The Hall–Kier alpha value is -0.650. The molecule has 0 radical (unpaired) electrons. The summed E-state index contributed by atoms with van der Waals surface area (Å²) < 4.78 is 5.10. The molecule has 0 spiro atoms. The zero-order valence-electron chi connectivity index (χ0n) is 10.4. The Morgan fingerprint density at radius 2 is 2.25 bits per heavy atom. The highest BCUT2D eigenvalue weighted by Gasteiger charge is 2.23. The molecule has 1 aliphatic heterocycles. The van der Waals surface area contributed by atoms with Gasteiger partial charge in [0.15, 0.2) is 0 Å². The fourth-order valence-corrected chi connectivity index (χ4v) is 1.70. The van der Waals surface area contributed by atoms with Gasteiger partial charge >= 0.3 is 0 Å². The van der Waals surface area contributed by atoms with Crippen molar-refractivity contribution in [2.45, 2.75) is 25.9 Å². The highest BCUT2D eigenvalue weighted by atomic mass is 16.5. The molecule has 16 heavy (non-hydrogen) atoms. The number of ether oxygens (including phenoxy) is 1. The van der Waals surface area contributed by atoms with Gasteiger partial charge in [0, 0.05) is 26.7 Å². The fourth-order valence-electron chi connectivity index (χ4n) is 1.70. The predicted molar refractivity (Wildman–Crippen MR) is 63.3 cm³/mol. The van der Waals surface area contributed by atoms with Gasteiger partial charge in [-0.2, -0.15) is 0 Å². The molecule has 2 atom stereocenters. The molecule has 1 rings (SSSR count). The molecule has 5 heteroatoms. The summed E-state index contributed by atoms with van der Waals surface area (Å²) in [4.78, 5) is 11.9. The maximum atomic E-state index is 11.9. The molecular formula is C11H23N3O2. The first-order valence-electron chi connectivity index (χ1n) is 5.88. The van der Waals surface area contributed by atoms with Crippen LogP contribution in [0, 0.1) is 5.92 Å². The SMILES string of the molecule is COCC(NC(=O)C1CNCCN1)C(C)C. The van der Waals surface area contributed by atoms with Crippen LogP contribution in [-0.4, -0.2) is 51.3 Å². The highest BCUT2D eigenvalue weighted by molar-refractivity contribution is 5.82. The van der Waals surface area contributed by atoms with Crippen molar-refractivity contribution >= 4 is 5.91 Å². The van der Waals surface area contributed by atoms with Crippen molar-refractivity contribution in [1.29, 1.82) is 0 Å². The minimum absolute atomic E-state index is 0.0583. The summed E-state index contributed by atoms with van der Waals surface area (Å²) in [5, 5.41) is 9.41. The topological polar surface area (TPSA) is 62.4 Å². The van der Waals surface area contributed by atoms with Gasteiger partial charge in [-0.15, -0.1) is 0 Å². The van der Waals surface area contributed by atoms with Crippen molar-refractivity contribution in [1.82, 2.24) is 16.0 Å². The molecule has 0 aromatic rings. The molecule has 2 unspecified atom stereocenters. The minimum Gasteiger partial charge on any atom is -0.383 e. The predicted octanol–water partition coefficient (Wildman–Crippen LogP) is -0.665. The largest absolute Gasteiger partial charge is 0.383 e. The second kappa shape index (κ2) is 6.83. The second-order valence-electron chi connectivity index (χ2n) is 4.53. The molecule has 1 fully saturated rings. The number of hydrogen-bond donors (Lipinski definition) is 3. The first-order chi connectivity index (χ1) is 7.65. The van der Waals surface area contributed by atoms with Gasteiger partial charge in [0.2, 0.25) is 5.91 Å². The summed E-state index contributed by atoms with van der Waals surface area (Å²) in [6, 6.07) is -0.0342. The number of piperazine rings is 1. The lowest BCUT2D eigenvalue weighted by molar-refractivity contribution is -0.124. The molecule has 1 heterocycles. The average Bonchev–Trinajstić information content (AvgIpc) is 2.29. The van der Waals surface area contributed by atoms with Gasteiger partial charge in [-0.1, -0.05) is 13.8 Å². The number of carbonyl (C=O) groups is 1. The van der Waals surface area contributed by atoms with E-state index in [1.54, 1.807) is 7.11 Å². The van der Waals surface area contributed by atoms with Crippen molar-refractivity contribution in [3.05, 3.63) is 0 Å². The average molecular weight is 229 g/mol. The van der Waals surface area contributed by atoms with E-state index in [1.807, 2.05) is 0 Å². The minimum atomic E-state index is -0.119. The Balaban J connectivity index is 2.40. The van der Waals surface area contributed by atoms with E-state index < -0.39 is 0 Å². The maximum absolute atomic E-state index is 11.9. The van der Waals surface area contributed by atoms with Crippen LogP contribution in [0.15, 0.2) is 0 Å². The van der Waals surface area contributed by atoms with E-state index in [1.165, 1.54) is 0 Å². The number of rotatable bonds is 5. The summed E-state index contributed by atoms with van der Waals surface area (Å²) in [6.07, 6.45) is 0. The van der Waals surface area contributed by atoms with Crippen LogP contribution in [0.2, 0.25) is 0 Å². The van der Waals surface area contributed by atoms with Crippen molar-refractivity contribution in [2.75, 3.05) is 33.4 Å². The molecule has 0 aliphatic carbocycles. The van der Waals surface area contributed by atoms with Crippen LogP contribution >= 0.6 is 0 Å². The Morgan fingerprint density at radius 3 is 2.75 bits per heavy atom. The third-order valence-corrected chi connectivity index (χ3v) is 2.84. The van der Waals surface area contributed by atoms with Crippen LogP contribution < -0.4 is 16.0 Å². The van der Waals surface area contributed by atoms with Crippen LogP contribution in [0.25, 0.3) is 0 Å². The van der Waals surface area contributed by atoms with E-state index in [0.29, 0.717) is 19.1 Å². The highest BCUT2D eigenvalue weighted by Crippen LogP contribution is 2.02. The lowest BCUT2D eigenvalue weighted by Gasteiger charge is -2.27. The Morgan fingerprint density at radius 1 is 1.50 bits per heavy atom. The van der Waals surface area contributed by atoms with Crippen molar-refractivity contribution in [2.24, 2.45) is 5.92 Å². The molecule has 0 aromatic carbocycles. The molecule has 3 N–H and O–H groups in total. The standard InChI is InChI=1S/C11H23N3O2/c1-8(2)10(7-16-3)14-11(15)9-6-12-4-5-13-9/h8-10,12-13H,4-7H2,1-3H3,(H,14,15). The Bertz CT molecular complexity index is 215. The lowest BCUT2D eigenvalue weighted by Crippen LogP contribution is -2.58. The van der Waals surface area contributed by atoms with Crippen LogP contribution in [0.5, 0.6) is 0 Å². The molecule has 94 valence electrons. The van der Waals surface area contributed by atoms with Gasteiger partial charge in [-0.05, 0) is 5.92 Å². The molecule has 0 bridgehead atoms. The normalized spacial score (nSPS) is 23.1. The van der Waals surface area contributed by atoms with Crippen molar-refractivity contribution in [3.63, 3.8) is 0 Å². The first-order valence-corrected chi connectivity index (χ1v) is 5.88. The van der Waals surface area contributed by atoms with Crippen molar-refractivity contribution in [3.8, 4) is 0 Å². The van der Waals surface area contributed by atoms with Gasteiger partial charge in [-0.25, -0.2) is 0 Å². The second-order valence-corrected chi connectivity index (χ2v) is 4.53. The van der Waals surface area contributed by atoms with E-state index in [2.05, 4.69) is 29.8 Å². The zero-order chi connectivity index (χ0) is 12.0. The maximum Gasteiger partial charge on any atom is 0.238 e. The van der Waals surface area contributed by atoms with Crippen LogP contribution in [0.3, 0.4) is 0 Å². The number of nitrogens with one attached hydrogen (secondary N) is 3. The quantitative estimate of drug-likeness (QED) is 0.585. The number of methoxy groups -OCH3 is 1. The summed E-state index contributed by atoms with van der Waals surface area (Å²) in [5.74, 6) is 0.434. The van der Waals surface area contributed by atoms with Gasteiger partial charge in [0.25, 0.3) is 0 Å². The summed E-state index contributed by atoms with van der Waals surface area (Å²) in [7, 11) is 1.65. The lowest BCUT2D eigenvalue weighted by atomic mass is 10.0. The zero-order valence-corrected chi connectivity index (χ0v) is 10.4. The van der Waals surface area contributed by atoms with Gasteiger partial charge in [0.1, 0.15) is 0 Å². The van der Waals surface area contributed by atoms with Gasteiger partial charge in [-0.3, -0.25) is 4.79 Å². The molecule has 0 saturated carbocycles. The summed E-state index contributed by atoms with van der Waals surface area (Å²) in [5.41, 5.74) is 0. The fraction of sp³-hybridized carbons (Fsp3) is 0.909. The third kappa shape index (κ3) is 4.08. The molecule has 0 aromatic heterocycles. The Kier molecular flexibility index (Phi) is 5.73. The van der Waals surface area contributed by atoms with E-state index in [-0.39, 0.29) is 18.0 Å². The third-order valence-electron chi connectivity index (χ3n) is 2.84. The van der Waals surface area contributed by atoms with E-state index >= 15 is 0 Å².